The summed E-state index contributed by atoms with van der Waals surface area (Å²) >= 11 is 0. The molecule has 2 N–H and O–H groups in total. The molecule has 6 heteroatoms. The van der Waals surface area contributed by atoms with Crippen LogP contribution in [0.1, 0.15) is 33.6 Å². The van der Waals surface area contributed by atoms with Gasteiger partial charge in [-0.1, -0.05) is 0 Å². The number of carbonyl (C=O) groups is 2. The first-order valence-electron chi connectivity index (χ1n) is 8.82. The van der Waals surface area contributed by atoms with Gasteiger partial charge in [0.1, 0.15) is 11.5 Å². The van der Waals surface area contributed by atoms with E-state index in [1.165, 1.54) is 0 Å². The van der Waals surface area contributed by atoms with Crippen molar-refractivity contribution in [2.45, 2.75) is 39.2 Å². The molecule has 1 aliphatic rings. The highest BCUT2D eigenvalue weighted by Gasteiger charge is 2.23. The fraction of sp³-hybridized carbons (Fsp3) is 0.579. The minimum atomic E-state index is -0.486. The summed E-state index contributed by atoms with van der Waals surface area (Å²) in [5, 5.41) is 12.3. The third-order valence-corrected chi connectivity index (χ3v) is 4.41. The van der Waals surface area contributed by atoms with Crippen molar-refractivity contribution in [1.82, 2.24) is 10.2 Å². The van der Waals surface area contributed by atoms with Crippen molar-refractivity contribution in [2.75, 3.05) is 37.6 Å². The Bertz CT molecular complexity index is 590. The van der Waals surface area contributed by atoms with Gasteiger partial charge in [-0.15, -0.1) is 0 Å². The number of aromatic hydroxyl groups is 1. The van der Waals surface area contributed by atoms with Crippen molar-refractivity contribution in [1.29, 1.82) is 0 Å². The molecule has 1 amide bonds. The molecule has 0 unspecified atom stereocenters. The quantitative estimate of drug-likeness (QED) is 0.787. The van der Waals surface area contributed by atoms with E-state index in [0.717, 1.165) is 38.4 Å². The van der Waals surface area contributed by atoms with Gasteiger partial charge < -0.3 is 15.3 Å². The molecule has 1 aromatic carbocycles. The Morgan fingerprint density at radius 1 is 1.12 bits per heavy atom. The van der Waals surface area contributed by atoms with Crippen molar-refractivity contribution >= 4 is 17.4 Å². The average Bonchev–Trinajstić information content (AvgIpc) is 2.52. The van der Waals surface area contributed by atoms with Crippen LogP contribution in [0.5, 0.6) is 5.75 Å². The molecule has 1 aliphatic heterocycles. The van der Waals surface area contributed by atoms with E-state index in [9.17, 15) is 14.7 Å². The summed E-state index contributed by atoms with van der Waals surface area (Å²) < 4.78 is 0. The number of phenols is 1. The second-order valence-electron chi connectivity index (χ2n) is 7.41. The zero-order valence-corrected chi connectivity index (χ0v) is 15.4. The Kier molecular flexibility index (Phi) is 6.42. The number of amides is 1. The van der Waals surface area contributed by atoms with E-state index in [4.69, 9.17) is 0 Å². The van der Waals surface area contributed by atoms with Crippen LogP contribution in [0.4, 0.5) is 5.69 Å². The van der Waals surface area contributed by atoms with Crippen LogP contribution in [0.15, 0.2) is 24.3 Å². The predicted molar refractivity (Wildman–Crippen MR) is 98.9 cm³/mol. The highest BCUT2D eigenvalue weighted by molar-refractivity contribution is 5.80. The molecule has 1 aromatic rings. The summed E-state index contributed by atoms with van der Waals surface area (Å²) in [6.45, 7) is 9.65. The topological polar surface area (TPSA) is 72.9 Å². The lowest BCUT2D eigenvalue weighted by molar-refractivity contribution is -0.124. The van der Waals surface area contributed by atoms with E-state index < -0.39 is 5.54 Å². The smallest absolute Gasteiger partial charge is 0.221 e. The number of Topliss-reactive ketones (excluding diaryl/α,β-unsaturated/α-hetero) is 1. The Labute approximate surface area is 149 Å². The van der Waals surface area contributed by atoms with E-state index in [2.05, 4.69) is 15.1 Å². The third kappa shape index (κ3) is 6.38. The number of benzene rings is 1. The maximum Gasteiger partial charge on any atom is 0.221 e. The highest BCUT2D eigenvalue weighted by atomic mass is 16.3. The summed E-state index contributed by atoms with van der Waals surface area (Å²) in [5.41, 5.74) is 0.627. The number of nitrogens with one attached hydrogen (secondary N) is 1. The summed E-state index contributed by atoms with van der Waals surface area (Å²) in [4.78, 5) is 27.9. The monoisotopic (exact) mass is 347 g/mol. The van der Waals surface area contributed by atoms with Crippen LogP contribution in [0.2, 0.25) is 0 Å². The van der Waals surface area contributed by atoms with Crippen LogP contribution in [0, 0.1) is 0 Å². The number of rotatable bonds is 7. The molecule has 138 valence electrons. The molecular weight excluding hydrogens is 318 g/mol. The first-order chi connectivity index (χ1) is 11.7. The number of hydrogen-bond donors (Lipinski definition) is 2. The molecule has 25 heavy (non-hydrogen) atoms. The maximum atomic E-state index is 12.1. The summed E-state index contributed by atoms with van der Waals surface area (Å²) in [6.07, 6.45) is 0.796. The number of anilines is 1. The van der Waals surface area contributed by atoms with Crippen LogP contribution in [-0.2, 0) is 9.59 Å². The number of ketones is 1. The lowest BCUT2D eigenvalue weighted by Crippen LogP contribution is -2.49. The molecule has 0 aliphatic carbocycles. The number of piperazine rings is 1. The van der Waals surface area contributed by atoms with E-state index in [-0.39, 0.29) is 17.4 Å². The minimum Gasteiger partial charge on any atom is -0.508 e. The van der Waals surface area contributed by atoms with Crippen LogP contribution >= 0.6 is 0 Å². The van der Waals surface area contributed by atoms with Gasteiger partial charge in [-0.2, -0.15) is 0 Å². The molecule has 0 saturated carbocycles. The standard InChI is InChI=1S/C19H29N3O3/c1-15(23)14-19(2,3)20-18(25)8-9-21-10-12-22(13-11-21)16-4-6-17(24)7-5-16/h4-7,24H,8-14H2,1-3H3,(H,20,25). The summed E-state index contributed by atoms with van der Waals surface area (Å²) in [5.74, 6) is 0.351. The van der Waals surface area contributed by atoms with Crippen molar-refractivity contribution in [3.05, 3.63) is 24.3 Å². The summed E-state index contributed by atoms with van der Waals surface area (Å²) in [7, 11) is 0. The molecule has 0 spiro atoms. The maximum absolute atomic E-state index is 12.1. The normalized spacial score (nSPS) is 15.9. The van der Waals surface area contributed by atoms with Gasteiger partial charge in [0, 0.05) is 56.8 Å². The van der Waals surface area contributed by atoms with Crippen LogP contribution < -0.4 is 10.2 Å². The molecule has 0 bridgehead atoms. The number of phenolic OH excluding ortho intramolecular Hbond substituents is 1. The van der Waals surface area contributed by atoms with Crippen LogP contribution in [0.3, 0.4) is 0 Å². The van der Waals surface area contributed by atoms with Crippen LogP contribution in [-0.4, -0.2) is 60.0 Å². The van der Waals surface area contributed by atoms with Crippen molar-refractivity contribution in [2.24, 2.45) is 0 Å². The fourth-order valence-corrected chi connectivity index (χ4v) is 3.26. The molecule has 0 radical (unpaired) electrons. The SMILES string of the molecule is CC(=O)CC(C)(C)NC(=O)CCN1CCN(c2ccc(O)cc2)CC1. The van der Waals surface area contributed by atoms with E-state index in [1.54, 1.807) is 19.1 Å². The Morgan fingerprint density at radius 2 is 1.72 bits per heavy atom. The van der Waals surface area contributed by atoms with Crippen molar-refractivity contribution < 1.29 is 14.7 Å². The first kappa shape index (κ1) is 19.2. The largest absolute Gasteiger partial charge is 0.508 e. The molecule has 0 aromatic heterocycles. The van der Waals surface area contributed by atoms with Crippen molar-refractivity contribution in [3.63, 3.8) is 0 Å². The third-order valence-electron chi connectivity index (χ3n) is 4.41. The van der Waals surface area contributed by atoms with Gasteiger partial charge in [0.05, 0.1) is 0 Å². The number of hydrogen-bond acceptors (Lipinski definition) is 5. The van der Waals surface area contributed by atoms with Gasteiger partial charge in [0.2, 0.25) is 5.91 Å². The second-order valence-corrected chi connectivity index (χ2v) is 7.41. The van der Waals surface area contributed by atoms with Gasteiger partial charge >= 0.3 is 0 Å². The van der Waals surface area contributed by atoms with Crippen molar-refractivity contribution in [3.8, 4) is 5.75 Å². The second kappa shape index (κ2) is 8.34. The minimum absolute atomic E-state index is 0.00721. The Morgan fingerprint density at radius 3 is 2.28 bits per heavy atom. The molecule has 2 rings (SSSR count). The lowest BCUT2D eigenvalue weighted by atomic mass is 9.98. The summed E-state index contributed by atoms with van der Waals surface area (Å²) in [6, 6.07) is 7.26. The molecular formula is C19H29N3O3. The lowest BCUT2D eigenvalue weighted by Gasteiger charge is -2.36. The fourth-order valence-electron chi connectivity index (χ4n) is 3.26. The molecule has 0 atom stereocenters. The zero-order chi connectivity index (χ0) is 18.4. The Balaban J connectivity index is 1.72. The number of nitrogens with zero attached hydrogens (tertiary/aromatic N) is 2. The molecule has 1 saturated heterocycles. The molecule has 1 fully saturated rings. The van der Waals surface area contributed by atoms with Gasteiger partial charge in [-0.05, 0) is 45.0 Å². The van der Waals surface area contributed by atoms with Gasteiger partial charge in [-0.25, -0.2) is 0 Å². The van der Waals surface area contributed by atoms with Gasteiger partial charge in [-0.3, -0.25) is 14.5 Å². The van der Waals surface area contributed by atoms with Crippen LogP contribution in [0.25, 0.3) is 0 Å². The van der Waals surface area contributed by atoms with E-state index >= 15 is 0 Å². The molecule has 1 heterocycles. The van der Waals surface area contributed by atoms with Gasteiger partial charge in [0.25, 0.3) is 0 Å². The Hall–Kier alpha value is -2.08. The van der Waals surface area contributed by atoms with E-state index in [0.29, 0.717) is 12.8 Å². The number of carbonyl (C=O) groups excluding carboxylic acids is 2. The van der Waals surface area contributed by atoms with E-state index in [1.807, 2.05) is 26.0 Å². The molecule has 6 nitrogen and oxygen atoms in total. The highest BCUT2D eigenvalue weighted by Crippen LogP contribution is 2.19. The predicted octanol–water partition coefficient (Wildman–Crippen LogP) is 1.78. The zero-order valence-electron chi connectivity index (χ0n) is 15.4. The first-order valence-corrected chi connectivity index (χ1v) is 8.82. The van der Waals surface area contributed by atoms with Gasteiger partial charge in [0.15, 0.2) is 0 Å². The average molecular weight is 347 g/mol.